The van der Waals surface area contributed by atoms with E-state index < -0.39 is 11.9 Å². The number of hydrogen-bond donors (Lipinski definition) is 2. The van der Waals surface area contributed by atoms with E-state index in [1.54, 1.807) is 39.8 Å². The fourth-order valence-electron chi connectivity index (χ4n) is 0.247. The lowest BCUT2D eigenvalue weighted by molar-refractivity contribution is -0.133. The lowest BCUT2D eigenvalue weighted by Crippen LogP contribution is -1.93. The predicted molar refractivity (Wildman–Crippen MR) is 69.0 cm³/mol. The molecule has 0 atom stereocenters. The molecule has 5 heteroatoms. The molecular weight excluding hydrogens is 224 g/mol. The van der Waals surface area contributed by atoms with E-state index in [-0.39, 0.29) is 5.48 Å². The molecule has 0 aliphatic heterocycles. The van der Waals surface area contributed by atoms with Gasteiger partial charge in [0.25, 0.3) is 0 Å². The Hall–Kier alpha value is -1.88. The fourth-order valence-corrected chi connectivity index (χ4v) is 0.247. The van der Waals surface area contributed by atoms with Crippen molar-refractivity contribution < 1.29 is 25.3 Å². The molecule has 5 nitrogen and oxygen atoms in total. The van der Waals surface area contributed by atoms with Gasteiger partial charge in [0, 0.05) is 11.1 Å². The van der Waals surface area contributed by atoms with Crippen LogP contribution in [-0.4, -0.2) is 27.6 Å². The third-order valence-electron chi connectivity index (χ3n) is 1.54. The van der Waals surface area contributed by atoms with Crippen molar-refractivity contribution in [3.05, 3.63) is 36.5 Å². The highest BCUT2D eigenvalue weighted by molar-refractivity contribution is 5.85. The molecule has 0 aromatic heterocycles. The summed E-state index contributed by atoms with van der Waals surface area (Å²) in [4.78, 5) is 19.7. The zero-order valence-electron chi connectivity index (χ0n) is 10.8. The van der Waals surface area contributed by atoms with Gasteiger partial charge in [-0.15, -0.1) is 13.2 Å². The van der Waals surface area contributed by atoms with E-state index in [4.69, 9.17) is 10.2 Å². The average Bonchev–Trinajstić information content (AvgIpc) is 2.29. The Morgan fingerprint density at radius 1 is 0.882 bits per heavy atom. The van der Waals surface area contributed by atoms with Gasteiger partial charge in [0.1, 0.15) is 0 Å². The second-order valence-corrected chi connectivity index (χ2v) is 2.55. The Labute approximate surface area is 102 Å². The molecule has 4 N–H and O–H groups in total. The van der Waals surface area contributed by atoms with Crippen molar-refractivity contribution in [2.24, 2.45) is 0 Å². The summed E-state index contributed by atoms with van der Waals surface area (Å²) in [5.41, 5.74) is 0.778. The Kier molecular flexibility index (Phi) is 23.7. The van der Waals surface area contributed by atoms with Gasteiger partial charge in [0.15, 0.2) is 0 Å². The van der Waals surface area contributed by atoms with E-state index >= 15 is 0 Å². The maximum atomic E-state index is 9.86. The van der Waals surface area contributed by atoms with Crippen LogP contribution in [0.5, 0.6) is 0 Å². The second-order valence-electron chi connectivity index (χ2n) is 2.55. The first kappa shape index (κ1) is 24.4. The van der Waals surface area contributed by atoms with Gasteiger partial charge < -0.3 is 15.7 Å². The van der Waals surface area contributed by atoms with E-state index in [1.807, 2.05) is 0 Å². The van der Waals surface area contributed by atoms with Crippen LogP contribution in [0.25, 0.3) is 0 Å². The highest BCUT2D eigenvalue weighted by Gasteiger charge is 1.93. The lowest BCUT2D eigenvalue weighted by Gasteiger charge is -1.84. The lowest BCUT2D eigenvalue weighted by atomic mass is 10.3. The molecule has 0 rings (SSSR count). The van der Waals surface area contributed by atoms with Crippen LogP contribution in [0.15, 0.2) is 36.5 Å². The zero-order valence-corrected chi connectivity index (χ0v) is 10.8. The number of allylic oxidation sites excluding steroid dienone is 2. The van der Waals surface area contributed by atoms with Crippen LogP contribution in [0.3, 0.4) is 0 Å². The van der Waals surface area contributed by atoms with E-state index in [2.05, 4.69) is 13.2 Å². The minimum absolute atomic E-state index is 0. The highest BCUT2D eigenvalue weighted by atomic mass is 16.4. The maximum Gasteiger partial charge on any atom is 0.330 e. The molecule has 0 aliphatic rings. The Bertz CT molecular complexity index is 249. The van der Waals surface area contributed by atoms with Crippen LogP contribution in [-0.2, 0) is 9.59 Å². The molecule has 17 heavy (non-hydrogen) atoms. The highest BCUT2D eigenvalue weighted by Crippen LogP contribution is 1.88. The van der Waals surface area contributed by atoms with Crippen molar-refractivity contribution in [1.82, 2.24) is 0 Å². The van der Waals surface area contributed by atoms with Gasteiger partial charge in [-0.2, -0.15) is 0 Å². The van der Waals surface area contributed by atoms with Gasteiger partial charge in [0.05, 0.1) is 0 Å². The van der Waals surface area contributed by atoms with Crippen LogP contribution in [0, 0.1) is 0 Å². The van der Waals surface area contributed by atoms with Gasteiger partial charge in [-0.25, -0.2) is 9.59 Å². The first-order chi connectivity index (χ1) is 7.36. The van der Waals surface area contributed by atoms with E-state index in [0.29, 0.717) is 11.1 Å². The van der Waals surface area contributed by atoms with Gasteiger partial charge >= 0.3 is 11.9 Å². The Morgan fingerprint density at radius 2 is 1.06 bits per heavy atom. The first-order valence-corrected chi connectivity index (χ1v) is 4.59. The summed E-state index contributed by atoms with van der Waals surface area (Å²) in [6.45, 7) is 12.5. The van der Waals surface area contributed by atoms with Gasteiger partial charge in [-0.3, -0.25) is 0 Å². The van der Waals surface area contributed by atoms with Gasteiger partial charge in [-0.1, -0.05) is 12.2 Å². The van der Waals surface area contributed by atoms with Crippen LogP contribution in [0.4, 0.5) is 0 Å². The Balaban J connectivity index is -0.0000000823. The minimum Gasteiger partial charge on any atom is -0.478 e. The van der Waals surface area contributed by atoms with Crippen molar-refractivity contribution >= 4 is 11.9 Å². The van der Waals surface area contributed by atoms with E-state index in [0.717, 1.165) is 0 Å². The molecule has 0 amide bonds. The summed E-state index contributed by atoms with van der Waals surface area (Å²) in [6, 6.07) is 0. The fraction of sp³-hybridized carbons (Fsp3) is 0.333. The summed E-state index contributed by atoms with van der Waals surface area (Å²) in [6.07, 6.45) is 3.12. The standard InChI is InChI=1S/2C5H8O2.C2H4.H2O/c2*1-3-4(2)5(6)7;1-2;/h2*3H,1-2H3,(H,6,7);1-2H2;1H2. The SMILES string of the molecule is C=C.CC=C(C)C(=O)O.CC=C(C)C(=O)O.O. The summed E-state index contributed by atoms with van der Waals surface area (Å²) >= 11 is 0. The van der Waals surface area contributed by atoms with Gasteiger partial charge in [0.2, 0.25) is 0 Å². The normalized spacial score (nSPS) is 9.65. The molecule has 0 bridgehead atoms. The van der Waals surface area contributed by atoms with Crippen molar-refractivity contribution in [1.29, 1.82) is 0 Å². The molecule has 0 aliphatic carbocycles. The van der Waals surface area contributed by atoms with Crippen LogP contribution < -0.4 is 0 Å². The summed E-state index contributed by atoms with van der Waals surface area (Å²) in [5.74, 6) is -1.69. The van der Waals surface area contributed by atoms with Crippen molar-refractivity contribution in [2.75, 3.05) is 0 Å². The zero-order chi connectivity index (χ0) is 13.7. The van der Waals surface area contributed by atoms with Crippen molar-refractivity contribution in [3.63, 3.8) is 0 Å². The number of carboxylic acids is 2. The van der Waals surface area contributed by atoms with Crippen molar-refractivity contribution in [2.45, 2.75) is 27.7 Å². The molecule has 0 fully saturated rings. The predicted octanol–water partition coefficient (Wildman–Crippen LogP) is 2.05. The van der Waals surface area contributed by atoms with Crippen LogP contribution in [0.1, 0.15) is 27.7 Å². The number of hydrogen-bond acceptors (Lipinski definition) is 2. The molecule has 100 valence electrons. The Morgan fingerprint density at radius 3 is 1.06 bits per heavy atom. The summed E-state index contributed by atoms with van der Waals surface area (Å²) in [7, 11) is 0. The summed E-state index contributed by atoms with van der Waals surface area (Å²) in [5, 5.41) is 16.2. The van der Waals surface area contributed by atoms with Crippen LogP contribution >= 0.6 is 0 Å². The monoisotopic (exact) mass is 246 g/mol. The second kappa shape index (κ2) is 16.5. The maximum absolute atomic E-state index is 9.86. The largest absolute Gasteiger partial charge is 0.478 e. The molecule has 0 saturated carbocycles. The minimum atomic E-state index is -0.845. The number of rotatable bonds is 2. The number of aliphatic carboxylic acids is 2. The first-order valence-electron chi connectivity index (χ1n) is 4.59. The summed E-state index contributed by atoms with van der Waals surface area (Å²) < 4.78 is 0. The molecule has 0 radical (unpaired) electrons. The third-order valence-corrected chi connectivity index (χ3v) is 1.54. The average molecular weight is 246 g/mol. The van der Waals surface area contributed by atoms with E-state index in [1.165, 1.54) is 0 Å². The quantitative estimate of drug-likeness (QED) is 0.574. The molecule has 0 heterocycles. The topological polar surface area (TPSA) is 106 Å². The van der Waals surface area contributed by atoms with Crippen LogP contribution in [0.2, 0.25) is 0 Å². The smallest absolute Gasteiger partial charge is 0.330 e. The molecule has 0 spiro atoms. The third kappa shape index (κ3) is 20.3. The van der Waals surface area contributed by atoms with Gasteiger partial charge in [-0.05, 0) is 27.7 Å². The molecular formula is C12H22O5. The number of carbonyl (C=O) groups is 2. The number of carboxylic acid groups (broad SMARTS) is 2. The molecule has 0 saturated heterocycles. The molecule has 0 aromatic carbocycles. The van der Waals surface area contributed by atoms with E-state index in [9.17, 15) is 9.59 Å². The molecule has 0 unspecified atom stereocenters. The molecule has 0 aromatic rings. The van der Waals surface area contributed by atoms with Crippen molar-refractivity contribution in [3.8, 4) is 0 Å².